The summed E-state index contributed by atoms with van der Waals surface area (Å²) in [5, 5.41) is 24.5. The molecule has 21 heavy (non-hydrogen) atoms. The largest absolute Gasteiger partial charge is 0.409 e. The molecule has 2 aromatic rings. The van der Waals surface area contributed by atoms with E-state index in [9.17, 15) is 10.1 Å². The van der Waals surface area contributed by atoms with Gasteiger partial charge in [0.05, 0.1) is 28.2 Å². The zero-order valence-corrected chi connectivity index (χ0v) is 11.9. The average molecular weight is 307 g/mol. The van der Waals surface area contributed by atoms with E-state index in [4.69, 9.17) is 10.9 Å². The Balaban J connectivity index is 2.39. The first kappa shape index (κ1) is 14.7. The van der Waals surface area contributed by atoms with Crippen LogP contribution in [0.5, 0.6) is 0 Å². The number of hydrogen-bond donors (Lipinski definition) is 2. The van der Waals surface area contributed by atoms with Gasteiger partial charge in [-0.1, -0.05) is 5.16 Å². The predicted octanol–water partition coefficient (Wildman–Crippen LogP) is 1.78. The summed E-state index contributed by atoms with van der Waals surface area (Å²) in [6, 6.07) is 4.22. The monoisotopic (exact) mass is 307 g/mol. The fourth-order valence-corrected chi connectivity index (χ4v) is 2.42. The second-order valence-electron chi connectivity index (χ2n) is 4.28. The molecule has 0 atom stereocenters. The molecule has 0 aliphatic rings. The second kappa shape index (κ2) is 6.18. The van der Waals surface area contributed by atoms with E-state index in [0.29, 0.717) is 17.8 Å². The normalized spacial score (nSPS) is 11.4. The molecule has 3 N–H and O–H groups in total. The molecule has 0 amide bonds. The Hall–Kier alpha value is -2.68. The molecule has 0 saturated heterocycles. The quantitative estimate of drug-likeness (QED) is 0.286. The van der Waals surface area contributed by atoms with Gasteiger partial charge in [0.25, 0.3) is 5.69 Å². The Morgan fingerprint density at radius 2 is 2.38 bits per heavy atom. The number of non-ortho nitro benzene ring substituents is 1. The Morgan fingerprint density at radius 3 is 2.95 bits per heavy atom. The van der Waals surface area contributed by atoms with Crippen LogP contribution >= 0.6 is 11.3 Å². The summed E-state index contributed by atoms with van der Waals surface area (Å²) in [5.41, 5.74) is 8.99. The molecule has 1 heterocycles. The van der Waals surface area contributed by atoms with E-state index in [0.717, 1.165) is 5.69 Å². The molecular weight excluding hydrogens is 294 g/mol. The highest BCUT2D eigenvalue weighted by Crippen LogP contribution is 2.25. The van der Waals surface area contributed by atoms with Crippen molar-refractivity contribution in [3.63, 3.8) is 0 Å². The van der Waals surface area contributed by atoms with Crippen molar-refractivity contribution in [2.45, 2.75) is 6.54 Å². The number of amidine groups is 1. The van der Waals surface area contributed by atoms with Gasteiger partial charge in [0.1, 0.15) is 0 Å². The molecule has 0 aliphatic heterocycles. The highest BCUT2D eigenvalue weighted by atomic mass is 32.1. The Bertz CT molecular complexity index is 672. The van der Waals surface area contributed by atoms with Crippen molar-refractivity contribution in [3.8, 4) is 0 Å². The van der Waals surface area contributed by atoms with Gasteiger partial charge >= 0.3 is 0 Å². The molecule has 0 spiro atoms. The van der Waals surface area contributed by atoms with E-state index in [-0.39, 0.29) is 11.5 Å². The second-order valence-corrected chi connectivity index (χ2v) is 5.00. The summed E-state index contributed by atoms with van der Waals surface area (Å²) >= 11 is 1.48. The number of rotatable bonds is 5. The standard InChI is InChI=1S/C12H13N5O3S/c1-16(5-8-6-21-7-14-8)11-3-2-9(17(19)20)4-10(11)12(13)15-18/h2-4,6-7,18H,5H2,1H3,(H2,13,15). The van der Waals surface area contributed by atoms with E-state index in [2.05, 4.69) is 10.1 Å². The van der Waals surface area contributed by atoms with Crippen LogP contribution in [0.3, 0.4) is 0 Å². The van der Waals surface area contributed by atoms with Crippen molar-refractivity contribution < 1.29 is 10.1 Å². The number of nitrogens with zero attached hydrogens (tertiary/aromatic N) is 4. The summed E-state index contributed by atoms with van der Waals surface area (Å²) in [4.78, 5) is 16.3. The first-order chi connectivity index (χ1) is 10.0. The molecule has 1 aromatic carbocycles. The molecule has 0 unspecified atom stereocenters. The van der Waals surface area contributed by atoms with Crippen LogP contribution in [0.25, 0.3) is 0 Å². The molecule has 0 saturated carbocycles. The van der Waals surface area contributed by atoms with Crippen LogP contribution in [-0.4, -0.2) is 28.0 Å². The van der Waals surface area contributed by atoms with Gasteiger partial charge in [-0.15, -0.1) is 11.3 Å². The fraction of sp³-hybridized carbons (Fsp3) is 0.167. The SMILES string of the molecule is CN(Cc1cscn1)c1ccc([N+](=O)[O-])cc1C(N)=NO. The zero-order chi connectivity index (χ0) is 15.4. The van der Waals surface area contributed by atoms with E-state index in [1.807, 2.05) is 10.3 Å². The van der Waals surface area contributed by atoms with Crippen LogP contribution in [0.4, 0.5) is 11.4 Å². The van der Waals surface area contributed by atoms with Crippen molar-refractivity contribution >= 4 is 28.5 Å². The van der Waals surface area contributed by atoms with Gasteiger partial charge in [-0.3, -0.25) is 10.1 Å². The van der Waals surface area contributed by atoms with Gasteiger partial charge in [0.15, 0.2) is 5.84 Å². The van der Waals surface area contributed by atoms with Crippen LogP contribution in [0.2, 0.25) is 0 Å². The van der Waals surface area contributed by atoms with E-state index >= 15 is 0 Å². The minimum atomic E-state index is -0.529. The molecule has 2 rings (SSSR count). The first-order valence-electron chi connectivity index (χ1n) is 5.87. The number of nitro benzene ring substituents is 1. The number of nitrogens with two attached hydrogens (primary N) is 1. The molecule has 8 nitrogen and oxygen atoms in total. The lowest BCUT2D eigenvalue weighted by atomic mass is 10.1. The van der Waals surface area contributed by atoms with Crippen molar-refractivity contribution in [2.24, 2.45) is 10.9 Å². The van der Waals surface area contributed by atoms with Crippen molar-refractivity contribution in [1.29, 1.82) is 0 Å². The van der Waals surface area contributed by atoms with Crippen molar-refractivity contribution in [3.05, 3.63) is 50.5 Å². The van der Waals surface area contributed by atoms with Crippen LogP contribution < -0.4 is 10.6 Å². The van der Waals surface area contributed by atoms with Gasteiger partial charge in [0.2, 0.25) is 0 Å². The van der Waals surface area contributed by atoms with E-state index in [1.54, 1.807) is 18.6 Å². The third kappa shape index (κ3) is 3.26. The molecule has 0 fully saturated rings. The van der Waals surface area contributed by atoms with Crippen molar-refractivity contribution in [2.75, 3.05) is 11.9 Å². The number of nitro groups is 1. The Labute approximate surface area is 124 Å². The summed E-state index contributed by atoms with van der Waals surface area (Å²) in [6.45, 7) is 0.507. The number of thiazole rings is 1. The highest BCUT2D eigenvalue weighted by Gasteiger charge is 2.17. The predicted molar refractivity (Wildman–Crippen MR) is 79.8 cm³/mol. The van der Waals surface area contributed by atoms with Crippen LogP contribution in [-0.2, 0) is 6.54 Å². The van der Waals surface area contributed by atoms with Crippen molar-refractivity contribution in [1.82, 2.24) is 4.98 Å². The summed E-state index contributed by atoms with van der Waals surface area (Å²) in [6.07, 6.45) is 0. The fourth-order valence-electron chi connectivity index (χ4n) is 1.87. The van der Waals surface area contributed by atoms with Crippen LogP contribution in [0, 0.1) is 10.1 Å². The van der Waals surface area contributed by atoms with Gasteiger partial charge in [-0.25, -0.2) is 4.98 Å². The maximum atomic E-state index is 10.8. The maximum absolute atomic E-state index is 10.8. The number of anilines is 1. The van der Waals surface area contributed by atoms with Gasteiger partial charge in [0, 0.05) is 30.2 Å². The average Bonchev–Trinajstić information content (AvgIpc) is 2.98. The molecule has 0 aliphatic carbocycles. The molecule has 0 radical (unpaired) electrons. The minimum Gasteiger partial charge on any atom is -0.409 e. The van der Waals surface area contributed by atoms with E-state index < -0.39 is 4.92 Å². The third-order valence-electron chi connectivity index (χ3n) is 2.87. The van der Waals surface area contributed by atoms with Crippen LogP contribution in [0.1, 0.15) is 11.3 Å². The lowest BCUT2D eigenvalue weighted by Gasteiger charge is -2.21. The van der Waals surface area contributed by atoms with Crippen LogP contribution in [0.15, 0.2) is 34.2 Å². The smallest absolute Gasteiger partial charge is 0.270 e. The summed E-state index contributed by atoms with van der Waals surface area (Å²) in [7, 11) is 1.80. The number of benzene rings is 1. The van der Waals surface area contributed by atoms with Gasteiger partial charge in [-0.2, -0.15) is 0 Å². The lowest BCUT2D eigenvalue weighted by Crippen LogP contribution is -2.23. The number of hydrogen-bond acceptors (Lipinski definition) is 7. The lowest BCUT2D eigenvalue weighted by molar-refractivity contribution is -0.384. The molecular formula is C12H13N5O3S. The Kier molecular flexibility index (Phi) is 4.33. The number of oxime groups is 1. The van der Waals surface area contributed by atoms with E-state index in [1.165, 1.54) is 23.5 Å². The minimum absolute atomic E-state index is 0.123. The Morgan fingerprint density at radius 1 is 1.62 bits per heavy atom. The molecule has 110 valence electrons. The highest BCUT2D eigenvalue weighted by molar-refractivity contribution is 7.07. The first-order valence-corrected chi connectivity index (χ1v) is 6.81. The molecule has 1 aromatic heterocycles. The topological polar surface area (TPSA) is 118 Å². The van der Waals surface area contributed by atoms with Gasteiger partial charge in [-0.05, 0) is 6.07 Å². The van der Waals surface area contributed by atoms with Gasteiger partial charge < -0.3 is 15.8 Å². The zero-order valence-electron chi connectivity index (χ0n) is 11.1. The third-order valence-corrected chi connectivity index (χ3v) is 3.50. The molecule has 9 heteroatoms. The summed E-state index contributed by atoms with van der Waals surface area (Å²) in [5.74, 6) is -0.182. The summed E-state index contributed by atoms with van der Waals surface area (Å²) < 4.78 is 0. The molecule has 0 bridgehead atoms. The maximum Gasteiger partial charge on any atom is 0.270 e. The number of aromatic nitrogens is 1.